The van der Waals surface area contributed by atoms with Crippen LogP contribution >= 0.6 is 0 Å². The lowest BCUT2D eigenvalue weighted by Crippen LogP contribution is -2.14. The fourth-order valence-corrected chi connectivity index (χ4v) is 2.27. The lowest BCUT2D eigenvalue weighted by Gasteiger charge is -2.24. The number of hydrogen-bond acceptors (Lipinski definition) is 1. The standard InChI is InChI=1S/C15H22O2/c1-4-9-15(2,3)11-13-7-5-12(6-8-13)10-14(16)17/h5-8H,4,9-11H2,1-3H3,(H,16,17). The van der Waals surface area contributed by atoms with Crippen LogP contribution in [-0.2, 0) is 17.6 Å². The average Bonchev–Trinajstić information content (AvgIpc) is 2.19. The fraction of sp³-hybridized carbons (Fsp3) is 0.533. The summed E-state index contributed by atoms with van der Waals surface area (Å²) in [4.78, 5) is 10.6. The lowest BCUT2D eigenvalue weighted by atomic mass is 9.82. The molecule has 0 bridgehead atoms. The Hall–Kier alpha value is -1.31. The van der Waals surface area contributed by atoms with Gasteiger partial charge in [0.15, 0.2) is 0 Å². The Morgan fingerprint density at radius 3 is 2.18 bits per heavy atom. The van der Waals surface area contributed by atoms with Crippen molar-refractivity contribution in [1.82, 2.24) is 0 Å². The Bertz CT molecular complexity index is 363. The molecule has 1 aromatic carbocycles. The van der Waals surface area contributed by atoms with Gasteiger partial charge in [-0.1, -0.05) is 51.5 Å². The van der Waals surface area contributed by atoms with Gasteiger partial charge >= 0.3 is 5.97 Å². The number of carboxylic acids is 1. The predicted molar refractivity (Wildman–Crippen MR) is 70.2 cm³/mol. The van der Waals surface area contributed by atoms with Crippen LogP contribution in [0.25, 0.3) is 0 Å². The van der Waals surface area contributed by atoms with Crippen LogP contribution in [0.3, 0.4) is 0 Å². The van der Waals surface area contributed by atoms with Crippen molar-refractivity contribution >= 4 is 5.97 Å². The summed E-state index contributed by atoms with van der Waals surface area (Å²) in [5.74, 6) is -0.774. The van der Waals surface area contributed by atoms with Crippen LogP contribution in [0.4, 0.5) is 0 Å². The fourth-order valence-electron chi connectivity index (χ4n) is 2.27. The molecule has 0 amide bonds. The van der Waals surface area contributed by atoms with E-state index in [1.54, 1.807) is 0 Å². The van der Waals surface area contributed by atoms with Gasteiger partial charge in [-0.2, -0.15) is 0 Å². The Balaban J connectivity index is 2.65. The highest BCUT2D eigenvalue weighted by molar-refractivity contribution is 5.70. The smallest absolute Gasteiger partial charge is 0.307 e. The van der Waals surface area contributed by atoms with Crippen LogP contribution in [0.2, 0.25) is 0 Å². The third-order valence-electron chi connectivity index (χ3n) is 2.99. The van der Waals surface area contributed by atoms with Crippen LogP contribution in [0, 0.1) is 5.41 Å². The number of rotatable bonds is 6. The molecule has 1 rings (SSSR count). The first-order valence-electron chi connectivity index (χ1n) is 6.22. The number of carbonyl (C=O) groups is 1. The highest BCUT2D eigenvalue weighted by Crippen LogP contribution is 2.27. The van der Waals surface area contributed by atoms with Crippen molar-refractivity contribution in [2.45, 2.75) is 46.5 Å². The molecular formula is C15H22O2. The Kier molecular flexibility index (Phi) is 4.73. The van der Waals surface area contributed by atoms with Gasteiger partial charge in [0.05, 0.1) is 6.42 Å². The van der Waals surface area contributed by atoms with Gasteiger partial charge in [0.25, 0.3) is 0 Å². The molecule has 1 N–H and O–H groups in total. The number of hydrogen-bond donors (Lipinski definition) is 1. The summed E-state index contributed by atoms with van der Waals surface area (Å²) < 4.78 is 0. The molecule has 0 fully saturated rings. The molecule has 1 aromatic rings. The minimum atomic E-state index is -0.774. The third-order valence-corrected chi connectivity index (χ3v) is 2.99. The van der Waals surface area contributed by atoms with E-state index in [0.29, 0.717) is 5.41 Å². The minimum Gasteiger partial charge on any atom is -0.481 e. The van der Waals surface area contributed by atoms with Crippen LogP contribution < -0.4 is 0 Å². The highest BCUT2D eigenvalue weighted by Gasteiger charge is 2.17. The van der Waals surface area contributed by atoms with Crippen molar-refractivity contribution in [2.75, 3.05) is 0 Å². The summed E-state index contributed by atoms with van der Waals surface area (Å²) in [7, 11) is 0. The Labute approximate surface area is 104 Å². The van der Waals surface area contributed by atoms with Gasteiger partial charge in [-0.15, -0.1) is 0 Å². The Morgan fingerprint density at radius 1 is 1.18 bits per heavy atom. The maximum atomic E-state index is 10.6. The Morgan fingerprint density at radius 2 is 1.71 bits per heavy atom. The first-order valence-corrected chi connectivity index (χ1v) is 6.22. The minimum absolute atomic E-state index is 0.110. The maximum Gasteiger partial charge on any atom is 0.307 e. The monoisotopic (exact) mass is 234 g/mol. The predicted octanol–water partition coefficient (Wildman–Crippen LogP) is 3.68. The summed E-state index contributed by atoms with van der Waals surface area (Å²) in [6.45, 7) is 6.76. The van der Waals surface area contributed by atoms with E-state index in [0.717, 1.165) is 12.0 Å². The zero-order valence-corrected chi connectivity index (χ0v) is 11.0. The molecule has 0 atom stereocenters. The second-order valence-corrected chi connectivity index (χ2v) is 5.48. The van der Waals surface area contributed by atoms with Crippen molar-refractivity contribution in [2.24, 2.45) is 5.41 Å². The molecule has 0 aliphatic rings. The van der Waals surface area contributed by atoms with Gasteiger partial charge in [-0.05, 0) is 29.4 Å². The van der Waals surface area contributed by atoms with E-state index in [4.69, 9.17) is 5.11 Å². The van der Waals surface area contributed by atoms with Gasteiger partial charge < -0.3 is 5.11 Å². The molecule has 0 unspecified atom stereocenters. The van der Waals surface area contributed by atoms with Gasteiger partial charge in [-0.25, -0.2) is 0 Å². The number of benzene rings is 1. The quantitative estimate of drug-likeness (QED) is 0.815. The molecule has 0 aliphatic carbocycles. The van der Waals surface area contributed by atoms with E-state index >= 15 is 0 Å². The second kappa shape index (κ2) is 5.85. The van der Waals surface area contributed by atoms with Gasteiger partial charge in [0.2, 0.25) is 0 Å². The van der Waals surface area contributed by atoms with E-state index in [1.807, 2.05) is 12.1 Å². The van der Waals surface area contributed by atoms with Crippen LogP contribution in [0.15, 0.2) is 24.3 Å². The van der Waals surface area contributed by atoms with Gasteiger partial charge in [0.1, 0.15) is 0 Å². The SMILES string of the molecule is CCCC(C)(C)Cc1ccc(CC(=O)O)cc1. The molecule has 94 valence electrons. The van der Waals surface area contributed by atoms with Gasteiger partial charge in [0, 0.05) is 0 Å². The van der Waals surface area contributed by atoms with Crippen molar-refractivity contribution in [3.63, 3.8) is 0 Å². The van der Waals surface area contributed by atoms with Crippen molar-refractivity contribution in [3.05, 3.63) is 35.4 Å². The lowest BCUT2D eigenvalue weighted by molar-refractivity contribution is -0.136. The highest BCUT2D eigenvalue weighted by atomic mass is 16.4. The molecule has 0 saturated heterocycles. The van der Waals surface area contributed by atoms with Crippen molar-refractivity contribution < 1.29 is 9.90 Å². The molecule has 0 heterocycles. The summed E-state index contributed by atoms with van der Waals surface area (Å²) in [5.41, 5.74) is 2.48. The van der Waals surface area contributed by atoms with E-state index in [2.05, 4.69) is 32.9 Å². The zero-order valence-electron chi connectivity index (χ0n) is 11.0. The molecule has 0 radical (unpaired) electrons. The summed E-state index contributed by atoms with van der Waals surface area (Å²) >= 11 is 0. The first-order chi connectivity index (χ1) is 7.93. The maximum absolute atomic E-state index is 10.6. The number of carboxylic acid groups (broad SMARTS) is 1. The average molecular weight is 234 g/mol. The zero-order chi connectivity index (χ0) is 12.9. The van der Waals surface area contributed by atoms with E-state index in [-0.39, 0.29) is 6.42 Å². The molecule has 0 aliphatic heterocycles. The molecule has 2 heteroatoms. The van der Waals surface area contributed by atoms with Crippen LogP contribution in [-0.4, -0.2) is 11.1 Å². The number of aliphatic carboxylic acids is 1. The third kappa shape index (κ3) is 5.03. The topological polar surface area (TPSA) is 37.3 Å². The molecular weight excluding hydrogens is 212 g/mol. The molecule has 0 saturated carbocycles. The van der Waals surface area contributed by atoms with E-state index in [1.165, 1.54) is 18.4 Å². The van der Waals surface area contributed by atoms with E-state index in [9.17, 15) is 4.79 Å². The second-order valence-electron chi connectivity index (χ2n) is 5.48. The summed E-state index contributed by atoms with van der Waals surface area (Å²) in [5, 5.41) is 8.69. The van der Waals surface area contributed by atoms with Crippen molar-refractivity contribution in [3.8, 4) is 0 Å². The van der Waals surface area contributed by atoms with Crippen LogP contribution in [0.1, 0.15) is 44.7 Å². The first kappa shape index (κ1) is 13.8. The molecule has 17 heavy (non-hydrogen) atoms. The largest absolute Gasteiger partial charge is 0.481 e. The molecule has 2 nitrogen and oxygen atoms in total. The van der Waals surface area contributed by atoms with Gasteiger partial charge in [-0.3, -0.25) is 4.79 Å². The molecule has 0 spiro atoms. The normalized spacial score (nSPS) is 11.5. The van der Waals surface area contributed by atoms with Crippen molar-refractivity contribution in [1.29, 1.82) is 0 Å². The summed E-state index contributed by atoms with van der Waals surface area (Å²) in [6, 6.07) is 7.95. The molecule has 0 aromatic heterocycles. The van der Waals surface area contributed by atoms with E-state index < -0.39 is 5.97 Å². The summed E-state index contributed by atoms with van der Waals surface area (Å²) in [6.07, 6.45) is 3.57. The van der Waals surface area contributed by atoms with Crippen LogP contribution in [0.5, 0.6) is 0 Å².